The molecule has 0 spiro atoms. The zero-order chi connectivity index (χ0) is 25.8. The molecule has 2 aromatic carbocycles. The molecule has 0 saturated carbocycles. The van der Waals surface area contributed by atoms with Crippen molar-refractivity contribution >= 4 is 5.91 Å². The zero-order valence-electron chi connectivity index (χ0n) is 20.1. The average molecular weight is 496 g/mol. The van der Waals surface area contributed by atoms with Crippen LogP contribution < -0.4 is 0 Å². The lowest BCUT2D eigenvalue weighted by molar-refractivity contribution is -0.228. The summed E-state index contributed by atoms with van der Waals surface area (Å²) in [7, 11) is 0. The second kappa shape index (κ2) is 8.57. The van der Waals surface area contributed by atoms with E-state index in [0.717, 1.165) is 11.1 Å². The minimum Gasteiger partial charge on any atom is -0.380 e. The summed E-state index contributed by atoms with van der Waals surface area (Å²) in [5.74, 6) is -0.757. The normalized spacial score (nSPS) is 25.4. The second-order valence-electron chi connectivity index (χ2n) is 10.3. The van der Waals surface area contributed by atoms with Gasteiger partial charge in [0.15, 0.2) is 0 Å². The van der Waals surface area contributed by atoms with E-state index < -0.39 is 28.4 Å². The molecular formula is C27H30F5NO2. The minimum atomic E-state index is -5.05. The first kappa shape index (κ1) is 25.6. The van der Waals surface area contributed by atoms with Gasteiger partial charge in [0.2, 0.25) is 5.67 Å². The van der Waals surface area contributed by atoms with Gasteiger partial charge in [0.05, 0.1) is 0 Å². The zero-order valence-corrected chi connectivity index (χ0v) is 20.1. The molecule has 1 saturated heterocycles. The lowest BCUT2D eigenvalue weighted by Gasteiger charge is -2.45. The SMILES string of the molecule is CCC(C)(O)C(=O)N1CC[C@@]2(Cc3ccc(F)cc3)c3ccc(C(C)(F)C(F)(F)F)cc3CC[C@@H]12. The number of amides is 1. The second-order valence-corrected chi connectivity index (χ2v) is 10.3. The summed E-state index contributed by atoms with van der Waals surface area (Å²) in [4.78, 5) is 14.9. The van der Waals surface area contributed by atoms with Gasteiger partial charge >= 0.3 is 6.18 Å². The molecule has 0 radical (unpaired) electrons. The molecule has 1 heterocycles. The Kier molecular flexibility index (Phi) is 6.27. The molecule has 1 aliphatic carbocycles. The third-order valence-electron chi connectivity index (χ3n) is 8.06. The van der Waals surface area contributed by atoms with Crippen LogP contribution in [0.5, 0.6) is 0 Å². The molecule has 2 aromatic rings. The minimum absolute atomic E-state index is 0.243. The van der Waals surface area contributed by atoms with E-state index in [1.54, 1.807) is 30.0 Å². The molecule has 2 aliphatic rings. The number of halogens is 5. The van der Waals surface area contributed by atoms with Gasteiger partial charge in [0, 0.05) is 18.0 Å². The number of rotatable bonds is 5. The molecule has 1 N–H and O–H groups in total. The molecule has 1 fully saturated rings. The predicted molar refractivity (Wildman–Crippen MR) is 122 cm³/mol. The number of fused-ring (bicyclic) bond motifs is 3. The third kappa shape index (κ3) is 4.24. The van der Waals surface area contributed by atoms with Crippen molar-refractivity contribution in [3.8, 4) is 0 Å². The standard InChI is InChI=1S/C27H30F5NO2/c1-4-24(2,35)23(34)33-14-13-26(16-17-5-9-20(28)10-6-17)21-11-8-19(25(3,29)27(30,31)32)15-18(21)7-12-22(26)33/h5-6,8-11,15,22,35H,4,7,12-14,16H2,1-3H3/t22-,24?,25?,26-/m1/s1. The summed E-state index contributed by atoms with van der Waals surface area (Å²) < 4.78 is 68.4. The van der Waals surface area contributed by atoms with E-state index in [-0.39, 0.29) is 24.2 Å². The Morgan fingerprint density at radius 1 is 1.11 bits per heavy atom. The highest BCUT2D eigenvalue weighted by atomic mass is 19.4. The molecule has 190 valence electrons. The van der Waals surface area contributed by atoms with Crippen LogP contribution in [0.2, 0.25) is 0 Å². The highest BCUT2D eigenvalue weighted by molar-refractivity contribution is 5.85. The molecule has 2 unspecified atom stereocenters. The number of carbonyl (C=O) groups is 1. The van der Waals surface area contributed by atoms with Crippen molar-refractivity contribution in [2.75, 3.05) is 6.54 Å². The van der Waals surface area contributed by atoms with E-state index in [9.17, 15) is 31.9 Å². The van der Waals surface area contributed by atoms with Crippen molar-refractivity contribution < 1.29 is 31.9 Å². The fourth-order valence-corrected chi connectivity index (χ4v) is 5.69. The van der Waals surface area contributed by atoms with E-state index >= 15 is 0 Å². The maximum atomic E-state index is 14.7. The van der Waals surface area contributed by atoms with E-state index in [1.165, 1.54) is 31.2 Å². The first-order chi connectivity index (χ1) is 16.2. The van der Waals surface area contributed by atoms with Gasteiger partial charge in [-0.05, 0) is 80.3 Å². The van der Waals surface area contributed by atoms with Gasteiger partial charge in [-0.2, -0.15) is 13.2 Å². The van der Waals surface area contributed by atoms with Gasteiger partial charge in [-0.3, -0.25) is 4.79 Å². The van der Waals surface area contributed by atoms with E-state index in [2.05, 4.69) is 0 Å². The van der Waals surface area contributed by atoms with E-state index in [4.69, 9.17) is 0 Å². The topological polar surface area (TPSA) is 40.5 Å². The van der Waals surface area contributed by atoms with Crippen LogP contribution in [0.3, 0.4) is 0 Å². The Morgan fingerprint density at radius 3 is 2.37 bits per heavy atom. The number of likely N-dealkylation sites (tertiary alicyclic amines) is 1. The van der Waals surface area contributed by atoms with Crippen molar-refractivity contribution in [3.63, 3.8) is 0 Å². The number of carbonyl (C=O) groups excluding carboxylic acids is 1. The summed E-state index contributed by atoms with van der Waals surface area (Å²) in [6.07, 6.45) is -2.99. The molecular weight excluding hydrogens is 465 g/mol. The highest BCUT2D eigenvalue weighted by Crippen LogP contribution is 2.51. The smallest absolute Gasteiger partial charge is 0.380 e. The van der Waals surface area contributed by atoms with Crippen molar-refractivity contribution in [1.29, 1.82) is 0 Å². The first-order valence-electron chi connectivity index (χ1n) is 11.9. The maximum absolute atomic E-state index is 14.7. The highest BCUT2D eigenvalue weighted by Gasteiger charge is 2.56. The fourth-order valence-electron chi connectivity index (χ4n) is 5.69. The van der Waals surface area contributed by atoms with Crippen LogP contribution in [-0.2, 0) is 28.7 Å². The Balaban J connectivity index is 1.81. The molecule has 3 nitrogen and oxygen atoms in total. The first-order valence-corrected chi connectivity index (χ1v) is 11.9. The van der Waals surface area contributed by atoms with Crippen molar-refractivity contribution in [2.24, 2.45) is 0 Å². The maximum Gasteiger partial charge on any atom is 0.426 e. The molecule has 1 aliphatic heterocycles. The lowest BCUT2D eigenvalue weighted by atomic mass is 9.63. The lowest BCUT2D eigenvalue weighted by Crippen LogP contribution is -2.54. The van der Waals surface area contributed by atoms with Crippen molar-refractivity contribution in [3.05, 3.63) is 70.5 Å². The third-order valence-corrected chi connectivity index (χ3v) is 8.06. The van der Waals surface area contributed by atoms with Gasteiger partial charge in [-0.15, -0.1) is 0 Å². The number of alkyl halides is 4. The predicted octanol–water partition coefficient (Wildman–Crippen LogP) is 5.76. The quantitative estimate of drug-likeness (QED) is 0.536. The summed E-state index contributed by atoms with van der Waals surface area (Å²) in [6, 6.07) is 9.80. The van der Waals surface area contributed by atoms with E-state index in [1.807, 2.05) is 0 Å². The van der Waals surface area contributed by atoms with Crippen molar-refractivity contribution in [1.82, 2.24) is 4.90 Å². The van der Waals surface area contributed by atoms with Crippen LogP contribution in [-0.4, -0.2) is 40.3 Å². The largest absolute Gasteiger partial charge is 0.426 e. The van der Waals surface area contributed by atoms with Gasteiger partial charge in [-0.1, -0.05) is 37.3 Å². The number of nitrogens with zero attached hydrogens (tertiary/aromatic N) is 1. The molecule has 0 aromatic heterocycles. The Bertz CT molecular complexity index is 1110. The van der Waals surface area contributed by atoms with Crippen LogP contribution in [0.15, 0.2) is 42.5 Å². The number of benzene rings is 2. The summed E-state index contributed by atoms with van der Waals surface area (Å²) in [5.41, 5.74) is -3.86. The Morgan fingerprint density at radius 2 is 1.77 bits per heavy atom. The van der Waals surface area contributed by atoms with Crippen LogP contribution in [0, 0.1) is 5.82 Å². The van der Waals surface area contributed by atoms with Crippen LogP contribution in [0.25, 0.3) is 0 Å². The number of hydrogen-bond acceptors (Lipinski definition) is 2. The molecule has 4 atom stereocenters. The van der Waals surface area contributed by atoms with Gasteiger partial charge < -0.3 is 10.0 Å². The monoisotopic (exact) mass is 495 g/mol. The van der Waals surface area contributed by atoms with Crippen LogP contribution in [0.4, 0.5) is 22.0 Å². The summed E-state index contributed by atoms with van der Waals surface area (Å²) >= 11 is 0. The molecule has 4 rings (SSSR count). The van der Waals surface area contributed by atoms with E-state index in [0.29, 0.717) is 44.7 Å². The van der Waals surface area contributed by atoms with Gasteiger partial charge in [0.1, 0.15) is 11.4 Å². The fraction of sp³-hybridized carbons (Fsp3) is 0.519. The Hall–Kier alpha value is -2.48. The van der Waals surface area contributed by atoms with Gasteiger partial charge in [-0.25, -0.2) is 8.78 Å². The number of aliphatic hydroxyl groups is 1. The molecule has 35 heavy (non-hydrogen) atoms. The van der Waals surface area contributed by atoms with Gasteiger partial charge in [0.25, 0.3) is 5.91 Å². The Labute approximate surface area is 201 Å². The molecule has 1 amide bonds. The summed E-state index contributed by atoms with van der Waals surface area (Å²) in [6.45, 7) is 4.12. The number of hydrogen-bond donors (Lipinski definition) is 1. The van der Waals surface area contributed by atoms with Crippen LogP contribution in [0.1, 0.15) is 62.3 Å². The average Bonchev–Trinajstić information content (AvgIpc) is 3.18. The molecule has 8 heteroatoms. The molecule has 0 bridgehead atoms. The van der Waals surface area contributed by atoms with Crippen LogP contribution >= 0.6 is 0 Å². The van der Waals surface area contributed by atoms with Crippen molar-refractivity contribution in [2.45, 2.75) is 81.8 Å². The number of aryl methyl sites for hydroxylation is 1. The summed E-state index contributed by atoms with van der Waals surface area (Å²) in [5, 5.41) is 10.7.